The number of amides is 2. The zero-order valence-electron chi connectivity index (χ0n) is 19.9. The fourth-order valence-corrected chi connectivity index (χ4v) is 4.95. The second-order valence-electron chi connectivity index (χ2n) is 8.92. The van der Waals surface area contributed by atoms with Gasteiger partial charge in [-0.2, -0.15) is 0 Å². The van der Waals surface area contributed by atoms with E-state index in [9.17, 15) is 9.59 Å². The van der Waals surface area contributed by atoms with Gasteiger partial charge in [0.05, 0.1) is 11.7 Å². The van der Waals surface area contributed by atoms with E-state index in [-0.39, 0.29) is 11.6 Å². The summed E-state index contributed by atoms with van der Waals surface area (Å²) in [5.74, 6) is 0.127. The number of hydrogen-bond acceptors (Lipinski definition) is 8. The highest BCUT2D eigenvalue weighted by Crippen LogP contribution is 2.32. The quantitative estimate of drug-likeness (QED) is 0.420. The van der Waals surface area contributed by atoms with E-state index in [0.29, 0.717) is 11.5 Å². The molecule has 0 saturated carbocycles. The summed E-state index contributed by atoms with van der Waals surface area (Å²) in [6.45, 7) is 13.6. The first-order valence-electron chi connectivity index (χ1n) is 10.1. The summed E-state index contributed by atoms with van der Waals surface area (Å²) >= 11 is 3.01. The number of carbonyl (C=O) groups is 2. The first-order chi connectivity index (χ1) is 13.7. The molecule has 30 heavy (non-hydrogen) atoms. The van der Waals surface area contributed by atoms with Gasteiger partial charge in [0, 0.05) is 38.8 Å². The summed E-state index contributed by atoms with van der Waals surface area (Å²) in [6, 6.07) is -1.20. The Kier molecular flexibility index (Phi) is 9.97. The van der Waals surface area contributed by atoms with Crippen LogP contribution in [0.25, 0.3) is 0 Å². The van der Waals surface area contributed by atoms with Gasteiger partial charge in [0.15, 0.2) is 0 Å². The first kappa shape index (κ1) is 27.5. The third-order valence-corrected chi connectivity index (χ3v) is 8.53. The number of ether oxygens (including phenoxy) is 2. The normalized spacial score (nSPS) is 20.2. The zero-order chi connectivity index (χ0) is 23.3. The van der Waals surface area contributed by atoms with Crippen molar-refractivity contribution in [1.82, 2.24) is 15.1 Å². The van der Waals surface area contributed by atoms with Crippen molar-refractivity contribution in [3.8, 4) is 0 Å². The summed E-state index contributed by atoms with van der Waals surface area (Å²) in [4.78, 5) is 28.9. The summed E-state index contributed by atoms with van der Waals surface area (Å²) in [6.07, 6.45) is 0. The lowest BCUT2D eigenvalue weighted by Crippen LogP contribution is -2.60. The number of nitrogens with two attached hydrogens (primary N) is 1. The predicted molar refractivity (Wildman–Crippen MR) is 125 cm³/mol. The molecular formula is C20H40N4O4S2. The predicted octanol–water partition coefficient (Wildman–Crippen LogP) is 1.54. The van der Waals surface area contributed by atoms with Gasteiger partial charge in [0.25, 0.3) is 0 Å². The van der Waals surface area contributed by atoms with Gasteiger partial charge in [-0.15, -0.1) is 23.5 Å². The van der Waals surface area contributed by atoms with Crippen molar-refractivity contribution in [1.29, 1.82) is 0 Å². The molecule has 1 aliphatic rings. The molecule has 0 aromatic carbocycles. The molecule has 1 saturated heterocycles. The molecule has 1 aliphatic heterocycles. The van der Waals surface area contributed by atoms with E-state index in [1.54, 1.807) is 26.0 Å². The van der Waals surface area contributed by atoms with Crippen LogP contribution < -0.4 is 11.1 Å². The molecule has 1 rings (SSSR count). The Labute approximate surface area is 190 Å². The van der Waals surface area contributed by atoms with Gasteiger partial charge < -0.3 is 20.5 Å². The molecule has 0 radical (unpaired) electrons. The minimum atomic E-state index is -0.775. The number of likely N-dealkylation sites (N-methyl/N-ethyl adjacent to an activating group) is 1. The standard InChI is InChI=1S/C20H40N4O4S2/c1-18(2)23(7)10-11-24(18)15(13-30-20(5,6)28-9)17(26)22-14(16(21)25)12-29-19(3,4)27-8/h14-15H,10-13H2,1-9H3,(H2,21,25)(H,22,26)/t14?,15-/m0/s1. The number of hydrogen-bond donors (Lipinski definition) is 2. The van der Waals surface area contributed by atoms with Crippen molar-refractivity contribution in [2.24, 2.45) is 5.73 Å². The molecule has 2 atom stereocenters. The first-order valence-corrected chi connectivity index (χ1v) is 12.1. The van der Waals surface area contributed by atoms with Crippen molar-refractivity contribution in [2.75, 3.05) is 45.9 Å². The second-order valence-corrected chi connectivity index (χ2v) is 12.1. The SMILES string of the molecule is COC(C)(C)SCC(NC(=O)[C@H](CSC(C)(C)OC)N1CCN(C)C1(C)C)C(N)=O. The van der Waals surface area contributed by atoms with Gasteiger partial charge in [-0.25, -0.2) is 0 Å². The maximum atomic E-state index is 13.4. The minimum Gasteiger partial charge on any atom is -0.368 e. The van der Waals surface area contributed by atoms with Gasteiger partial charge >= 0.3 is 0 Å². The molecule has 0 aliphatic carbocycles. The molecule has 8 nitrogen and oxygen atoms in total. The van der Waals surface area contributed by atoms with E-state index in [1.807, 2.05) is 27.7 Å². The topological polar surface area (TPSA) is 97.1 Å². The van der Waals surface area contributed by atoms with Crippen LogP contribution in [0.15, 0.2) is 0 Å². The molecule has 0 spiro atoms. The van der Waals surface area contributed by atoms with Crippen LogP contribution in [0.1, 0.15) is 41.5 Å². The van der Waals surface area contributed by atoms with E-state index in [1.165, 1.54) is 11.8 Å². The van der Waals surface area contributed by atoms with Crippen LogP contribution in [0.3, 0.4) is 0 Å². The van der Waals surface area contributed by atoms with Crippen LogP contribution in [0.5, 0.6) is 0 Å². The zero-order valence-corrected chi connectivity index (χ0v) is 21.5. The smallest absolute Gasteiger partial charge is 0.240 e. The molecule has 0 aromatic rings. The van der Waals surface area contributed by atoms with E-state index < -0.39 is 27.9 Å². The average Bonchev–Trinajstić information content (AvgIpc) is 2.92. The Hall–Kier alpha value is -0.520. The fourth-order valence-electron chi connectivity index (χ4n) is 3.01. The van der Waals surface area contributed by atoms with Crippen molar-refractivity contribution >= 4 is 35.3 Å². The molecule has 0 aromatic heterocycles. The number of nitrogens with zero attached hydrogens (tertiary/aromatic N) is 2. The number of carbonyl (C=O) groups excluding carboxylic acids is 2. The van der Waals surface area contributed by atoms with E-state index in [0.717, 1.165) is 13.1 Å². The van der Waals surface area contributed by atoms with Gasteiger partial charge in [0.1, 0.15) is 15.9 Å². The number of methoxy groups -OCH3 is 2. The average molecular weight is 465 g/mol. The van der Waals surface area contributed by atoms with Crippen LogP contribution in [-0.2, 0) is 19.1 Å². The largest absolute Gasteiger partial charge is 0.368 e. The fraction of sp³-hybridized carbons (Fsp3) is 0.900. The molecule has 3 N–H and O–H groups in total. The number of thioether (sulfide) groups is 2. The molecule has 1 unspecified atom stereocenters. The molecule has 1 fully saturated rings. The summed E-state index contributed by atoms with van der Waals surface area (Å²) < 4.78 is 10.9. The minimum absolute atomic E-state index is 0.197. The van der Waals surface area contributed by atoms with E-state index in [4.69, 9.17) is 15.2 Å². The number of primary amides is 1. The van der Waals surface area contributed by atoms with E-state index >= 15 is 0 Å². The maximum absolute atomic E-state index is 13.4. The summed E-state index contributed by atoms with van der Waals surface area (Å²) in [7, 11) is 5.33. The lowest BCUT2D eigenvalue weighted by molar-refractivity contribution is -0.131. The molecule has 1 heterocycles. The number of rotatable bonds is 12. The molecular weight excluding hydrogens is 424 g/mol. The lowest BCUT2D eigenvalue weighted by Gasteiger charge is -2.41. The van der Waals surface area contributed by atoms with Crippen LogP contribution in [0.2, 0.25) is 0 Å². The molecule has 176 valence electrons. The highest BCUT2D eigenvalue weighted by Gasteiger charge is 2.44. The lowest BCUT2D eigenvalue weighted by atomic mass is 10.1. The monoisotopic (exact) mass is 464 g/mol. The molecule has 10 heteroatoms. The highest BCUT2D eigenvalue weighted by molar-refractivity contribution is 8.00. The number of nitrogens with one attached hydrogen (secondary N) is 1. The Bertz CT molecular complexity index is 601. The van der Waals surface area contributed by atoms with Crippen LogP contribution in [0, 0.1) is 0 Å². The van der Waals surface area contributed by atoms with Gasteiger partial charge in [-0.05, 0) is 48.6 Å². The maximum Gasteiger partial charge on any atom is 0.240 e. The van der Waals surface area contributed by atoms with Gasteiger partial charge in [-0.3, -0.25) is 19.4 Å². The highest BCUT2D eigenvalue weighted by atomic mass is 32.2. The Balaban J connectivity index is 3.01. The van der Waals surface area contributed by atoms with Crippen molar-refractivity contribution in [2.45, 2.75) is 69.2 Å². The van der Waals surface area contributed by atoms with Crippen LogP contribution >= 0.6 is 23.5 Å². The van der Waals surface area contributed by atoms with Gasteiger partial charge in [-0.1, -0.05) is 0 Å². The summed E-state index contributed by atoms with van der Waals surface area (Å²) in [5.41, 5.74) is 5.31. The Morgan fingerprint density at radius 1 is 1.07 bits per heavy atom. The van der Waals surface area contributed by atoms with Crippen molar-refractivity contribution in [3.05, 3.63) is 0 Å². The molecule has 2 amide bonds. The third-order valence-electron chi connectivity index (χ3n) is 5.82. The Morgan fingerprint density at radius 3 is 1.97 bits per heavy atom. The Morgan fingerprint density at radius 2 is 1.57 bits per heavy atom. The van der Waals surface area contributed by atoms with Crippen molar-refractivity contribution in [3.63, 3.8) is 0 Å². The second kappa shape index (κ2) is 10.9. The van der Waals surface area contributed by atoms with Crippen LogP contribution in [-0.4, -0.2) is 95.1 Å². The third kappa shape index (κ3) is 7.56. The van der Waals surface area contributed by atoms with Gasteiger partial charge in [0.2, 0.25) is 11.8 Å². The molecule has 0 bridgehead atoms. The van der Waals surface area contributed by atoms with E-state index in [2.05, 4.69) is 36.0 Å². The van der Waals surface area contributed by atoms with Crippen LogP contribution in [0.4, 0.5) is 0 Å². The van der Waals surface area contributed by atoms with Crippen molar-refractivity contribution < 1.29 is 19.1 Å². The summed E-state index contributed by atoms with van der Waals surface area (Å²) in [5, 5.41) is 2.89.